The average Bonchev–Trinajstić information content (AvgIpc) is 2.98. The normalized spacial score (nSPS) is 14.1. The van der Waals surface area contributed by atoms with E-state index < -0.39 is 0 Å². The summed E-state index contributed by atoms with van der Waals surface area (Å²) < 4.78 is 12.8. The van der Waals surface area contributed by atoms with E-state index in [1.165, 1.54) is 0 Å². The van der Waals surface area contributed by atoms with Crippen molar-refractivity contribution < 1.29 is 14.3 Å². The van der Waals surface area contributed by atoms with E-state index in [2.05, 4.69) is 15.9 Å². The molecule has 3 nitrogen and oxygen atoms in total. The molecule has 3 aromatic rings. The van der Waals surface area contributed by atoms with Gasteiger partial charge in [0.25, 0.3) is 0 Å². The van der Waals surface area contributed by atoms with Crippen LogP contribution in [0.2, 0.25) is 5.02 Å². The summed E-state index contributed by atoms with van der Waals surface area (Å²) in [7, 11) is 0. The van der Waals surface area contributed by atoms with Gasteiger partial charge in [-0.15, -0.1) is 0 Å². The van der Waals surface area contributed by atoms with Crippen molar-refractivity contribution >= 4 is 39.4 Å². The molecule has 0 bridgehead atoms. The molecule has 0 aromatic heterocycles. The molecule has 140 valence electrons. The van der Waals surface area contributed by atoms with Crippen LogP contribution in [0, 0.1) is 6.92 Å². The number of halogens is 2. The minimum Gasteiger partial charge on any atom is -0.488 e. The fraction of sp³-hybridized carbons (Fsp3) is 0.0870. The molecule has 28 heavy (non-hydrogen) atoms. The van der Waals surface area contributed by atoms with Gasteiger partial charge in [-0.2, -0.15) is 0 Å². The average molecular weight is 456 g/mol. The Labute approximate surface area is 176 Å². The fourth-order valence-electron chi connectivity index (χ4n) is 3.06. The summed E-state index contributed by atoms with van der Waals surface area (Å²) in [5, 5.41) is 0.669. The Morgan fingerprint density at radius 2 is 1.93 bits per heavy atom. The highest BCUT2D eigenvalue weighted by Crippen LogP contribution is 2.39. The van der Waals surface area contributed by atoms with Crippen molar-refractivity contribution in [2.75, 3.05) is 0 Å². The molecule has 0 unspecified atom stereocenters. The zero-order valence-corrected chi connectivity index (χ0v) is 17.4. The number of carbonyl (C=O) groups is 1. The van der Waals surface area contributed by atoms with Gasteiger partial charge < -0.3 is 9.47 Å². The minimum absolute atomic E-state index is 0.125. The summed E-state index contributed by atoms with van der Waals surface area (Å²) in [6.45, 7) is 2.27. The molecule has 1 heterocycles. The van der Waals surface area contributed by atoms with E-state index in [-0.39, 0.29) is 5.78 Å². The first-order valence-electron chi connectivity index (χ1n) is 8.72. The van der Waals surface area contributed by atoms with E-state index in [0.29, 0.717) is 34.5 Å². The topological polar surface area (TPSA) is 35.5 Å². The lowest BCUT2D eigenvalue weighted by molar-refractivity contribution is 0.101. The third-order valence-electron chi connectivity index (χ3n) is 4.47. The van der Waals surface area contributed by atoms with E-state index in [4.69, 9.17) is 21.1 Å². The number of ketones is 1. The van der Waals surface area contributed by atoms with Crippen molar-refractivity contribution in [3.8, 4) is 11.5 Å². The second-order valence-corrected chi connectivity index (χ2v) is 7.83. The standard InChI is InChI=1S/C23H16BrClO3/c1-14-20(27-13-16-5-3-7-18(25)11-16)9-8-19-22(26)21(28-23(14)19)12-15-4-2-6-17(24)10-15/h2-12H,13H2,1H3/b21-12-. The van der Waals surface area contributed by atoms with E-state index in [0.717, 1.165) is 21.2 Å². The molecule has 0 radical (unpaired) electrons. The van der Waals surface area contributed by atoms with Gasteiger partial charge in [0.2, 0.25) is 5.78 Å². The van der Waals surface area contributed by atoms with Crippen LogP contribution in [-0.4, -0.2) is 5.78 Å². The lowest BCUT2D eigenvalue weighted by Gasteiger charge is -2.11. The van der Waals surface area contributed by atoms with Crippen LogP contribution in [0.15, 0.2) is 70.9 Å². The maximum absolute atomic E-state index is 12.7. The van der Waals surface area contributed by atoms with Gasteiger partial charge >= 0.3 is 0 Å². The third kappa shape index (κ3) is 3.84. The Kier molecular flexibility index (Phi) is 5.25. The Hall–Kier alpha value is -2.56. The molecular formula is C23H16BrClO3. The number of allylic oxidation sites excluding steroid dienone is 1. The highest BCUT2D eigenvalue weighted by molar-refractivity contribution is 9.10. The van der Waals surface area contributed by atoms with Crippen molar-refractivity contribution in [3.05, 3.63) is 98.2 Å². The quantitative estimate of drug-likeness (QED) is 0.415. The Morgan fingerprint density at radius 3 is 2.71 bits per heavy atom. The predicted octanol–water partition coefficient (Wildman–Crippen LogP) is 6.61. The summed E-state index contributed by atoms with van der Waals surface area (Å²) in [6.07, 6.45) is 1.75. The zero-order chi connectivity index (χ0) is 19.7. The van der Waals surface area contributed by atoms with Gasteiger partial charge in [0.15, 0.2) is 5.76 Å². The number of hydrogen-bond acceptors (Lipinski definition) is 3. The van der Waals surface area contributed by atoms with E-state index in [1.807, 2.05) is 61.5 Å². The number of hydrogen-bond donors (Lipinski definition) is 0. The van der Waals surface area contributed by atoms with Crippen molar-refractivity contribution in [2.45, 2.75) is 13.5 Å². The van der Waals surface area contributed by atoms with Crippen LogP contribution in [-0.2, 0) is 6.61 Å². The van der Waals surface area contributed by atoms with Gasteiger partial charge in [-0.05, 0) is 60.5 Å². The van der Waals surface area contributed by atoms with Crippen LogP contribution in [0.5, 0.6) is 11.5 Å². The molecule has 0 saturated heterocycles. The van der Waals surface area contributed by atoms with Crippen LogP contribution in [0.4, 0.5) is 0 Å². The Balaban J connectivity index is 1.58. The molecule has 0 saturated carbocycles. The van der Waals surface area contributed by atoms with Crippen LogP contribution in [0.3, 0.4) is 0 Å². The molecule has 5 heteroatoms. The van der Waals surface area contributed by atoms with Crippen molar-refractivity contribution in [2.24, 2.45) is 0 Å². The number of rotatable bonds is 4. The van der Waals surface area contributed by atoms with Crippen LogP contribution in [0.1, 0.15) is 27.0 Å². The fourth-order valence-corrected chi connectivity index (χ4v) is 3.69. The largest absolute Gasteiger partial charge is 0.488 e. The second kappa shape index (κ2) is 7.82. The van der Waals surface area contributed by atoms with Crippen molar-refractivity contribution in [1.29, 1.82) is 0 Å². The molecule has 0 aliphatic carbocycles. The van der Waals surface area contributed by atoms with Crippen LogP contribution >= 0.6 is 27.5 Å². The molecule has 3 aromatic carbocycles. The van der Waals surface area contributed by atoms with Gasteiger partial charge in [0.05, 0.1) is 5.56 Å². The summed E-state index contributed by atoms with van der Waals surface area (Å²) in [6, 6.07) is 18.8. The molecule has 0 spiro atoms. The number of benzene rings is 3. The van der Waals surface area contributed by atoms with Crippen LogP contribution < -0.4 is 9.47 Å². The molecule has 1 aliphatic rings. The molecule has 0 fully saturated rings. The van der Waals surface area contributed by atoms with Gasteiger partial charge in [0, 0.05) is 15.1 Å². The number of fused-ring (bicyclic) bond motifs is 1. The van der Waals surface area contributed by atoms with Gasteiger partial charge in [0.1, 0.15) is 18.1 Å². The lowest BCUT2D eigenvalue weighted by Crippen LogP contribution is -1.98. The van der Waals surface area contributed by atoms with Gasteiger partial charge in [-0.25, -0.2) is 0 Å². The molecule has 0 amide bonds. The van der Waals surface area contributed by atoms with E-state index >= 15 is 0 Å². The van der Waals surface area contributed by atoms with Gasteiger partial charge in [-0.3, -0.25) is 4.79 Å². The maximum atomic E-state index is 12.7. The Bertz CT molecular complexity index is 1100. The first-order valence-corrected chi connectivity index (χ1v) is 9.89. The second-order valence-electron chi connectivity index (χ2n) is 6.48. The number of carbonyl (C=O) groups excluding carboxylic acids is 1. The smallest absolute Gasteiger partial charge is 0.231 e. The molecular weight excluding hydrogens is 440 g/mol. The number of Topliss-reactive ketones (excluding diaryl/α,β-unsaturated/α-hetero) is 1. The Morgan fingerprint density at radius 1 is 1.11 bits per heavy atom. The van der Waals surface area contributed by atoms with Crippen molar-refractivity contribution in [1.82, 2.24) is 0 Å². The van der Waals surface area contributed by atoms with Crippen molar-refractivity contribution in [3.63, 3.8) is 0 Å². The SMILES string of the molecule is Cc1c(OCc2cccc(Cl)c2)ccc2c1O/C(=C\c1cccc(Br)c1)C2=O. The summed E-state index contributed by atoms with van der Waals surface area (Å²) in [5.41, 5.74) is 3.21. The van der Waals surface area contributed by atoms with Crippen LogP contribution in [0.25, 0.3) is 6.08 Å². The van der Waals surface area contributed by atoms with Gasteiger partial charge in [-0.1, -0.05) is 51.8 Å². The minimum atomic E-state index is -0.125. The summed E-state index contributed by atoms with van der Waals surface area (Å²) >= 11 is 9.46. The highest BCUT2D eigenvalue weighted by atomic mass is 79.9. The third-order valence-corrected chi connectivity index (χ3v) is 5.19. The number of ether oxygens (including phenoxy) is 2. The van der Waals surface area contributed by atoms with E-state index in [9.17, 15) is 4.79 Å². The maximum Gasteiger partial charge on any atom is 0.231 e. The summed E-state index contributed by atoms with van der Waals surface area (Å²) in [4.78, 5) is 12.7. The first-order chi connectivity index (χ1) is 13.5. The molecule has 0 atom stereocenters. The first kappa shape index (κ1) is 18.8. The zero-order valence-electron chi connectivity index (χ0n) is 15.0. The molecule has 1 aliphatic heterocycles. The lowest BCUT2D eigenvalue weighted by atomic mass is 10.1. The molecule has 0 N–H and O–H groups in total. The predicted molar refractivity (Wildman–Crippen MR) is 114 cm³/mol. The van der Waals surface area contributed by atoms with E-state index in [1.54, 1.807) is 12.1 Å². The molecule has 4 rings (SSSR count). The summed E-state index contributed by atoms with van der Waals surface area (Å²) in [5.74, 6) is 1.41. The monoisotopic (exact) mass is 454 g/mol. The highest BCUT2D eigenvalue weighted by Gasteiger charge is 2.30.